The lowest BCUT2D eigenvalue weighted by molar-refractivity contribution is 0.347. The molecule has 1 unspecified atom stereocenters. The Labute approximate surface area is 65.0 Å². The molecule has 0 aromatic carbocycles. The van der Waals surface area contributed by atoms with Gasteiger partial charge in [0.05, 0.1) is 0 Å². The number of rotatable bonds is 3. The minimum atomic E-state index is 0.944. The van der Waals surface area contributed by atoms with Crippen LogP contribution in [-0.4, -0.2) is 0 Å². The van der Waals surface area contributed by atoms with Gasteiger partial charge in [-0.1, -0.05) is 52.4 Å². The average molecular weight is 139 g/mol. The lowest BCUT2D eigenvalue weighted by Gasteiger charge is -2.17. The quantitative estimate of drug-likeness (QED) is 0.562. The van der Waals surface area contributed by atoms with Gasteiger partial charge in [-0.25, -0.2) is 0 Å². The second-order valence-electron chi connectivity index (χ2n) is 3.66. The Balaban J connectivity index is 2.18. The summed E-state index contributed by atoms with van der Waals surface area (Å²) >= 11 is 0. The third-order valence-electron chi connectivity index (χ3n) is 2.86. The molecule has 1 aliphatic carbocycles. The van der Waals surface area contributed by atoms with Gasteiger partial charge in [-0.15, -0.1) is 0 Å². The first kappa shape index (κ1) is 8.10. The van der Waals surface area contributed by atoms with Gasteiger partial charge in [0, 0.05) is 0 Å². The highest BCUT2D eigenvalue weighted by Gasteiger charge is 2.20. The lowest BCUT2D eigenvalue weighted by Crippen LogP contribution is -2.06. The van der Waals surface area contributed by atoms with E-state index >= 15 is 0 Å². The molecule has 0 amide bonds. The van der Waals surface area contributed by atoms with Crippen molar-refractivity contribution in [2.75, 3.05) is 0 Å². The standard InChI is InChI=1S/C10H19/c1-3-6-9(2)10-7-4-5-8-10/h9-10H,1,3-8H2,2H3. The Hall–Kier alpha value is 0. The molecule has 0 spiro atoms. The fraction of sp³-hybridized carbons (Fsp3) is 0.900. The molecule has 0 aromatic rings. The number of hydrogen-bond acceptors (Lipinski definition) is 0. The van der Waals surface area contributed by atoms with Gasteiger partial charge in [0.2, 0.25) is 0 Å². The molecule has 1 saturated carbocycles. The van der Waals surface area contributed by atoms with Crippen LogP contribution in [0.15, 0.2) is 0 Å². The second-order valence-corrected chi connectivity index (χ2v) is 3.66. The van der Waals surface area contributed by atoms with Crippen molar-refractivity contribution in [2.45, 2.75) is 45.4 Å². The molecule has 0 bridgehead atoms. The third-order valence-corrected chi connectivity index (χ3v) is 2.86. The largest absolute Gasteiger partial charge is 0.0622 e. The van der Waals surface area contributed by atoms with Crippen LogP contribution in [0.1, 0.15) is 45.4 Å². The molecule has 1 fully saturated rings. The van der Waals surface area contributed by atoms with Crippen LogP contribution < -0.4 is 0 Å². The second kappa shape index (κ2) is 4.00. The summed E-state index contributed by atoms with van der Waals surface area (Å²) < 4.78 is 0. The molecule has 0 N–H and O–H groups in total. The van der Waals surface area contributed by atoms with Crippen LogP contribution in [-0.2, 0) is 0 Å². The molecule has 10 heavy (non-hydrogen) atoms. The van der Waals surface area contributed by atoms with E-state index < -0.39 is 0 Å². The molecule has 0 heterocycles. The van der Waals surface area contributed by atoms with Crippen molar-refractivity contribution in [2.24, 2.45) is 11.8 Å². The van der Waals surface area contributed by atoms with Crippen molar-refractivity contribution < 1.29 is 0 Å². The Morgan fingerprint density at radius 3 is 2.50 bits per heavy atom. The van der Waals surface area contributed by atoms with Crippen LogP contribution in [0.4, 0.5) is 0 Å². The van der Waals surface area contributed by atoms with Gasteiger partial charge in [0.1, 0.15) is 0 Å². The molecule has 0 nitrogen and oxygen atoms in total. The van der Waals surface area contributed by atoms with Crippen molar-refractivity contribution in [3.63, 3.8) is 0 Å². The van der Waals surface area contributed by atoms with Gasteiger partial charge in [-0.3, -0.25) is 0 Å². The SMILES string of the molecule is [CH2]CCC(C)C1CCCC1. The van der Waals surface area contributed by atoms with E-state index in [-0.39, 0.29) is 0 Å². The van der Waals surface area contributed by atoms with Crippen LogP contribution in [0.25, 0.3) is 0 Å². The van der Waals surface area contributed by atoms with Gasteiger partial charge < -0.3 is 0 Å². The Kier molecular flexibility index (Phi) is 3.24. The highest BCUT2D eigenvalue weighted by molar-refractivity contribution is 4.72. The summed E-state index contributed by atoms with van der Waals surface area (Å²) in [6.45, 7) is 6.29. The lowest BCUT2D eigenvalue weighted by atomic mass is 9.89. The van der Waals surface area contributed by atoms with Crippen LogP contribution in [0.5, 0.6) is 0 Å². The van der Waals surface area contributed by atoms with E-state index in [1.54, 1.807) is 0 Å². The summed E-state index contributed by atoms with van der Waals surface area (Å²) in [4.78, 5) is 0. The van der Waals surface area contributed by atoms with E-state index in [0.717, 1.165) is 18.3 Å². The zero-order valence-corrected chi connectivity index (χ0v) is 7.10. The Morgan fingerprint density at radius 2 is 2.00 bits per heavy atom. The smallest absolute Gasteiger partial charge is 0.0388 e. The summed E-state index contributed by atoms with van der Waals surface area (Å²) in [7, 11) is 0. The fourth-order valence-corrected chi connectivity index (χ4v) is 2.08. The van der Waals surface area contributed by atoms with Gasteiger partial charge in [-0.2, -0.15) is 0 Å². The molecular weight excluding hydrogens is 120 g/mol. The molecule has 0 aromatic heterocycles. The number of hydrogen-bond donors (Lipinski definition) is 0. The molecule has 0 saturated heterocycles. The minimum absolute atomic E-state index is 0.944. The Bertz CT molecular complexity index is 80.0. The van der Waals surface area contributed by atoms with E-state index in [0.29, 0.717) is 0 Å². The normalized spacial score (nSPS) is 23.4. The molecule has 59 valence electrons. The topological polar surface area (TPSA) is 0 Å². The molecular formula is C10H19. The maximum Gasteiger partial charge on any atom is -0.0388 e. The van der Waals surface area contributed by atoms with Crippen molar-refractivity contribution in [3.05, 3.63) is 6.92 Å². The first-order valence-corrected chi connectivity index (χ1v) is 4.64. The zero-order valence-electron chi connectivity index (χ0n) is 7.10. The van der Waals surface area contributed by atoms with E-state index in [1.165, 1.54) is 32.1 Å². The first-order chi connectivity index (χ1) is 4.84. The maximum atomic E-state index is 3.90. The molecule has 1 rings (SSSR count). The minimum Gasteiger partial charge on any atom is -0.0622 e. The van der Waals surface area contributed by atoms with E-state index in [2.05, 4.69) is 13.8 Å². The highest BCUT2D eigenvalue weighted by Crippen LogP contribution is 2.32. The van der Waals surface area contributed by atoms with Gasteiger partial charge in [0.15, 0.2) is 0 Å². The van der Waals surface area contributed by atoms with Crippen LogP contribution >= 0.6 is 0 Å². The zero-order chi connectivity index (χ0) is 7.40. The van der Waals surface area contributed by atoms with E-state index in [9.17, 15) is 0 Å². The summed E-state index contributed by atoms with van der Waals surface area (Å²) in [5.74, 6) is 1.99. The maximum absolute atomic E-state index is 3.90. The summed E-state index contributed by atoms with van der Waals surface area (Å²) in [6, 6.07) is 0. The van der Waals surface area contributed by atoms with Crippen LogP contribution in [0, 0.1) is 18.8 Å². The molecule has 1 aliphatic rings. The van der Waals surface area contributed by atoms with Crippen molar-refractivity contribution >= 4 is 0 Å². The summed E-state index contributed by atoms with van der Waals surface area (Å²) in [5.41, 5.74) is 0. The van der Waals surface area contributed by atoms with Crippen LogP contribution in [0.3, 0.4) is 0 Å². The average Bonchev–Trinajstić information content (AvgIpc) is 2.38. The summed E-state index contributed by atoms with van der Waals surface area (Å²) in [6.07, 6.45) is 8.39. The van der Waals surface area contributed by atoms with Gasteiger partial charge >= 0.3 is 0 Å². The summed E-state index contributed by atoms with van der Waals surface area (Å²) in [5, 5.41) is 0. The monoisotopic (exact) mass is 139 g/mol. The first-order valence-electron chi connectivity index (χ1n) is 4.64. The van der Waals surface area contributed by atoms with Crippen molar-refractivity contribution in [1.29, 1.82) is 0 Å². The fourth-order valence-electron chi connectivity index (χ4n) is 2.08. The van der Waals surface area contributed by atoms with E-state index in [1.807, 2.05) is 0 Å². The predicted octanol–water partition coefficient (Wildman–Crippen LogP) is 3.43. The Morgan fingerprint density at radius 1 is 1.40 bits per heavy atom. The predicted molar refractivity (Wildman–Crippen MR) is 45.7 cm³/mol. The van der Waals surface area contributed by atoms with E-state index in [4.69, 9.17) is 0 Å². The molecule has 0 heteroatoms. The third kappa shape index (κ3) is 2.00. The van der Waals surface area contributed by atoms with Gasteiger partial charge in [-0.05, 0) is 11.8 Å². The van der Waals surface area contributed by atoms with Crippen molar-refractivity contribution in [3.8, 4) is 0 Å². The highest BCUT2D eigenvalue weighted by atomic mass is 14.3. The van der Waals surface area contributed by atoms with Crippen molar-refractivity contribution in [1.82, 2.24) is 0 Å². The molecule has 1 radical (unpaired) electrons. The molecule has 1 atom stereocenters. The molecule has 0 aliphatic heterocycles. The van der Waals surface area contributed by atoms with Gasteiger partial charge in [0.25, 0.3) is 0 Å². The van der Waals surface area contributed by atoms with Crippen LogP contribution in [0.2, 0.25) is 0 Å².